The van der Waals surface area contributed by atoms with Crippen molar-refractivity contribution in [2.24, 2.45) is 0 Å². The third-order valence-corrected chi connectivity index (χ3v) is 3.52. The molecule has 24 heavy (non-hydrogen) atoms. The van der Waals surface area contributed by atoms with Crippen LogP contribution >= 0.6 is 0 Å². The number of aliphatic hydroxyl groups excluding tert-OH is 1. The predicted octanol–water partition coefficient (Wildman–Crippen LogP) is 2.57. The van der Waals surface area contributed by atoms with Crippen LogP contribution in [-0.2, 0) is 9.53 Å². The number of rotatable bonds is 5. The first-order valence-corrected chi connectivity index (χ1v) is 7.48. The molecule has 0 radical (unpaired) electrons. The van der Waals surface area contributed by atoms with Gasteiger partial charge < -0.3 is 9.84 Å². The summed E-state index contributed by atoms with van der Waals surface area (Å²) in [6.45, 7) is 4.78. The maximum Gasteiger partial charge on any atom is 0.333 e. The van der Waals surface area contributed by atoms with Crippen LogP contribution in [0.3, 0.4) is 0 Å². The molecule has 0 aliphatic heterocycles. The van der Waals surface area contributed by atoms with Gasteiger partial charge in [0.15, 0.2) is 6.10 Å². The van der Waals surface area contributed by atoms with Crippen molar-refractivity contribution in [3.63, 3.8) is 0 Å². The molecule has 3 rings (SSSR count). The summed E-state index contributed by atoms with van der Waals surface area (Å²) >= 11 is 0. The van der Waals surface area contributed by atoms with Crippen molar-refractivity contribution in [2.45, 2.75) is 13.0 Å². The van der Waals surface area contributed by atoms with Gasteiger partial charge in [0.2, 0.25) is 0 Å². The summed E-state index contributed by atoms with van der Waals surface area (Å²) in [5.41, 5.74) is 3.23. The fraction of sp³-hybridized carbons (Fsp3) is 0.167. The molecule has 1 N–H and O–H groups in total. The Balaban J connectivity index is 1.92. The lowest BCUT2D eigenvalue weighted by atomic mass is 10.1. The second kappa shape index (κ2) is 6.64. The van der Waals surface area contributed by atoms with Crippen molar-refractivity contribution in [3.05, 3.63) is 66.2 Å². The van der Waals surface area contributed by atoms with Crippen molar-refractivity contribution in [1.29, 1.82) is 0 Å². The zero-order valence-corrected chi connectivity index (χ0v) is 13.2. The zero-order valence-electron chi connectivity index (χ0n) is 13.2. The molecule has 2 aromatic carbocycles. The molecule has 3 aromatic rings. The summed E-state index contributed by atoms with van der Waals surface area (Å²) in [6, 6.07) is 14.8. The van der Waals surface area contributed by atoms with E-state index >= 15 is 0 Å². The monoisotopic (exact) mass is 323 g/mol. The van der Waals surface area contributed by atoms with E-state index in [9.17, 15) is 9.90 Å². The number of fused-ring (bicyclic) bond motifs is 1. The Morgan fingerprint density at radius 1 is 1.21 bits per heavy atom. The SMILES string of the molecule is C=C(C)C(=O)OC(CO)c1cccc(-n2nc3ccccc3n2)c1. The van der Waals surface area contributed by atoms with Gasteiger partial charge in [0.25, 0.3) is 0 Å². The highest BCUT2D eigenvalue weighted by atomic mass is 16.6. The molecule has 6 heteroatoms. The Labute approximate surface area is 139 Å². The van der Waals surface area contributed by atoms with Gasteiger partial charge in [0.1, 0.15) is 11.0 Å². The van der Waals surface area contributed by atoms with Gasteiger partial charge in [-0.15, -0.1) is 10.2 Å². The minimum absolute atomic E-state index is 0.282. The smallest absolute Gasteiger partial charge is 0.333 e. The summed E-state index contributed by atoms with van der Waals surface area (Å²) in [4.78, 5) is 13.2. The van der Waals surface area contributed by atoms with Gasteiger partial charge in [-0.05, 0) is 36.8 Å². The number of hydrogen-bond acceptors (Lipinski definition) is 5. The van der Waals surface area contributed by atoms with Crippen LogP contribution in [-0.4, -0.2) is 32.7 Å². The second-order valence-electron chi connectivity index (χ2n) is 5.43. The molecule has 0 fully saturated rings. The molecular weight excluding hydrogens is 306 g/mol. The Hall–Kier alpha value is -2.99. The molecule has 0 bridgehead atoms. The number of carbonyl (C=O) groups is 1. The highest BCUT2D eigenvalue weighted by molar-refractivity contribution is 5.87. The molecule has 0 saturated carbocycles. The fourth-order valence-corrected chi connectivity index (χ4v) is 2.27. The Bertz CT molecular complexity index is 868. The molecule has 0 saturated heterocycles. The van der Waals surface area contributed by atoms with Crippen LogP contribution in [0.25, 0.3) is 16.7 Å². The van der Waals surface area contributed by atoms with E-state index in [0.29, 0.717) is 11.3 Å². The van der Waals surface area contributed by atoms with E-state index in [1.807, 2.05) is 30.3 Å². The topological polar surface area (TPSA) is 77.2 Å². The van der Waals surface area contributed by atoms with Gasteiger partial charge in [-0.1, -0.05) is 30.8 Å². The van der Waals surface area contributed by atoms with Crippen LogP contribution in [0.15, 0.2) is 60.7 Å². The van der Waals surface area contributed by atoms with Crippen LogP contribution in [0, 0.1) is 0 Å². The van der Waals surface area contributed by atoms with Crippen LogP contribution < -0.4 is 0 Å². The largest absolute Gasteiger partial charge is 0.452 e. The molecular formula is C18H17N3O3. The average Bonchev–Trinajstić information content (AvgIpc) is 3.03. The molecule has 6 nitrogen and oxygen atoms in total. The summed E-state index contributed by atoms with van der Waals surface area (Å²) < 4.78 is 5.26. The summed E-state index contributed by atoms with van der Waals surface area (Å²) in [6.07, 6.45) is -0.765. The molecule has 1 heterocycles. The number of esters is 1. The highest BCUT2D eigenvalue weighted by Crippen LogP contribution is 2.21. The van der Waals surface area contributed by atoms with Gasteiger partial charge in [-0.25, -0.2) is 4.79 Å². The maximum absolute atomic E-state index is 11.7. The molecule has 0 amide bonds. The lowest BCUT2D eigenvalue weighted by molar-refractivity contribution is -0.146. The predicted molar refractivity (Wildman–Crippen MR) is 89.6 cm³/mol. The highest BCUT2D eigenvalue weighted by Gasteiger charge is 2.17. The Morgan fingerprint density at radius 2 is 1.88 bits per heavy atom. The van der Waals surface area contributed by atoms with Crippen LogP contribution in [0.5, 0.6) is 0 Å². The van der Waals surface area contributed by atoms with E-state index in [1.165, 1.54) is 4.80 Å². The van der Waals surface area contributed by atoms with E-state index in [0.717, 1.165) is 11.0 Å². The first-order chi connectivity index (χ1) is 11.6. The van der Waals surface area contributed by atoms with Crippen molar-refractivity contribution >= 4 is 17.0 Å². The van der Waals surface area contributed by atoms with E-state index in [2.05, 4.69) is 16.8 Å². The summed E-state index contributed by atoms with van der Waals surface area (Å²) in [5.74, 6) is -0.539. The van der Waals surface area contributed by atoms with E-state index in [1.54, 1.807) is 25.1 Å². The quantitative estimate of drug-likeness (QED) is 0.577. The molecule has 1 aromatic heterocycles. The maximum atomic E-state index is 11.7. The summed E-state index contributed by atoms with van der Waals surface area (Å²) in [5, 5.41) is 18.4. The normalized spacial score (nSPS) is 12.1. The third kappa shape index (κ3) is 3.18. The lowest BCUT2D eigenvalue weighted by Crippen LogP contribution is -2.15. The van der Waals surface area contributed by atoms with Crippen molar-refractivity contribution in [1.82, 2.24) is 15.0 Å². The van der Waals surface area contributed by atoms with E-state index in [4.69, 9.17) is 4.74 Å². The third-order valence-electron chi connectivity index (χ3n) is 3.52. The number of ether oxygens (including phenoxy) is 1. The first-order valence-electron chi connectivity index (χ1n) is 7.48. The standard InChI is InChI=1S/C18H17N3O3/c1-12(2)18(23)24-17(11-22)13-6-5-7-14(10-13)21-19-15-8-3-4-9-16(15)20-21/h3-10,17,22H,1,11H2,2H3. The number of hydrogen-bond donors (Lipinski definition) is 1. The number of carbonyl (C=O) groups excluding carboxylic acids is 1. The van der Waals surface area contributed by atoms with Gasteiger partial charge in [0, 0.05) is 5.57 Å². The van der Waals surface area contributed by atoms with Gasteiger partial charge in [-0.3, -0.25) is 0 Å². The van der Waals surface area contributed by atoms with Crippen molar-refractivity contribution in [2.75, 3.05) is 6.61 Å². The number of aromatic nitrogens is 3. The minimum atomic E-state index is -0.765. The fourth-order valence-electron chi connectivity index (χ4n) is 2.27. The molecule has 1 atom stereocenters. The van der Waals surface area contributed by atoms with E-state index in [-0.39, 0.29) is 12.2 Å². The van der Waals surface area contributed by atoms with Crippen LogP contribution in [0.2, 0.25) is 0 Å². The molecule has 1 unspecified atom stereocenters. The molecule has 122 valence electrons. The number of aliphatic hydroxyl groups is 1. The molecule has 0 aliphatic carbocycles. The number of benzene rings is 2. The van der Waals surface area contributed by atoms with Crippen LogP contribution in [0.1, 0.15) is 18.6 Å². The lowest BCUT2D eigenvalue weighted by Gasteiger charge is -2.16. The molecule has 0 aliphatic rings. The van der Waals surface area contributed by atoms with Gasteiger partial charge in [0.05, 0.1) is 12.3 Å². The van der Waals surface area contributed by atoms with E-state index < -0.39 is 12.1 Å². The van der Waals surface area contributed by atoms with Crippen molar-refractivity contribution < 1.29 is 14.6 Å². The zero-order chi connectivity index (χ0) is 17.1. The summed E-state index contributed by atoms with van der Waals surface area (Å²) in [7, 11) is 0. The Morgan fingerprint density at radius 3 is 2.46 bits per heavy atom. The van der Waals surface area contributed by atoms with Gasteiger partial charge >= 0.3 is 5.97 Å². The second-order valence-corrected chi connectivity index (χ2v) is 5.43. The minimum Gasteiger partial charge on any atom is -0.452 e. The van der Waals surface area contributed by atoms with Gasteiger partial charge in [-0.2, -0.15) is 4.80 Å². The average molecular weight is 323 g/mol. The van der Waals surface area contributed by atoms with Crippen molar-refractivity contribution in [3.8, 4) is 5.69 Å². The van der Waals surface area contributed by atoms with Crippen LogP contribution in [0.4, 0.5) is 0 Å². The number of nitrogens with zero attached hydrogens (tertiary/aromatic N) is 3. The Kier molecular flexibility index (Phi) is 4.39. The molecule has 0 spiro atoms. The first kappa shape index (κ1) is 15.9.